The molecule has 7 heteroatoms. The van der Waals surface area contributed by atoms with Gasteiger partial charge in [0, 0.05) is 11.8 Å². The van der Waals surface area contributed by atoms with Gasteiger partial charge in [-0.2, -0.15) is 0 Å². The van der Waals surface area contributed by atoms with E-state index in [0.29, 0.717) is 11.3 Å². The minimum absolute atomic E-state index is 0.360. The Bertz CT molecular complexity index is 859. The summed E-state index contributed by atoms with van der Waals surface area (Å²) < 4.78 is 26.6. The Labute approximate surface area is 140 Å². The number of amides is 1. The number of sulfonamides is 1. The largest absolute Gasteiger partial charge is 0.288 e. The molecule has 0 aromatic heterocycles. The first-order valence-electron chi connectivity index (χ1n) is 6.97. The van der Waals surface area contributed by atoms with Gasteiger partial charge in [-0.25, -0.2) is 13.9 Å². The van der Waals surface area contributed by atoms with Crippen LogP contribution < -0.4 is 10.2 Å². The number of hydrogen-bond donors (Lipinski definition) is 3. The molecule has 1 amide bonds. The summed E-state index contributed by atoms with van der Waals surface area (Å²) in [5.41, 5.74) is 3.21. The molecule has 0 aliphatic heterocycles. The first kappa shape index (κ1) is 17.5. The molecule has 0 bridgehead atoms. The molecule has 24 heavy (non-hydrogen) atoms. The molecule has 0 radical (unpaired) electrons. The molecule has 0 aliphatic carbocycles. The maximum absolute atomic E-state index is 12.1. The highest BCUT2D eigenvalue weighted by atomic mass is 32.2. The van der Waals surface area contributed by atoms with Crippen molar-refractivity contribution in [3.8, 4) is 0 Å². The molecular formula is C17H16N2O4S. The van der Waals surface area contributed by atoms with Gasteiger partial charge in [-0.1, -0.05) is 42.5 Å². The lowest BCUT2D eigenvalue weighted by molar-refractivity contribution is -0.124. The first-order valence-corrected chi connectivity index (χ1v) is 8.51. The van der Waals surface area contributed by atoms with E-state index in [9.17, 15) is 13.2 Å². The number of carbonyl (C=O) groups is 1. The lowest BCUT2D eigenvalue weighted by atomic mass is 10.2. The zero-order chi connectivity index (χ0) is 17.4. The first-order chi connectivity index (χ1) is 11.5. The van der Waals surface area contributed by atoms with E-state index in [1.165, 1.54) is 17.6 Å². The normalized spacial score (nSPS) is 11.7. The molecule has 0 spiro atoms. The van der Waals surface area contributed by atoms with Gasteiger partial charge in [0.25, 0.3) is 15.9 Å². The van der Waals surface area contributed by atoms with Gasteiger partial charge in [0.15, 0.2) is 0 Å². The Kier molecular flexibility index (Phi) is 5.89. The van der Waals surface area contributed by atoms with Crippen molar-refractivity contribution in [3.05, 3.63) is 77.2 Å². The number of hydrogen-bond acceptors (Lipinski definition) is 4. The van der Waals surface area contributed by atoms with Gasteiger partial charge in [0.1, 0.15) is 0 Å². The molecule has 0 heterocycles. The van der Waals surface area contributed by atoms with Crippen LogP contribution in [-0.4, -0.2) is 19.5 Å². The molecule has 0 fully saturated rings. The van der Waals surface area contributed by atoms with Gasteiger partial charge in [-0.15, -0.1) is 0 Å². The van der Waals surface area contributed by atoms with E-state index in [1.54, 1.807) is 36.4 Å². The van der Waals surface area contributed by atoms with Crippen LogP contribution in [0.25, 0.3) is 12.2 Å². The van der Waals surface area contributed by atoms with E-state index in [1.807, 2.05) is 18.2 Å². The summed E-state index contributed by atoms with van der Waals surface area (Å²) in [5.74, 6) is -0.674. The summed E-state index contributed by atoms with van der Waals surface area (Å²) >= 11 is 0. The fourth-order valence-corrected chi connectivity index (χ4v) is 2.71. The van der Waals surface area contributed by atoms with Crippen LogP contribution in [0.2, 0.25) is 0 Å². The van der Waals surface area contributed by atoms with Crippen molar-refractivity contribution in [1.82, 2.24) is 5.48 Å². The Hall–Kier alpha value is -2.90. The van der Waals surface area contributed by atoms with Crippen molar-refractivity contribution in [1.29, 1.82) is 0 Å². The van der Waals surface area contributed by atoms with Crippen molar-refractivity contribution in [2.45, 2.75) is 0 Å². The molecule has 124 valence electrons. The SMILES string of the molecule is O=C(/C=C/c1cccc(NS(=O)(=O)/C=C/c2ccccc2)c1)NO. The van der Waals surface area contributed by atoms with Crippen LogP contribution in [0, 0.1) is 0 Å². The minimum atomic E-state index is -3.66. The van der Waals surface area contributed by atoms with Gasteiger partial charge in [0.2, 0.25) is 0 Å². The third-order valence-electron chi connectivity index (χ3n) is 2.92. The number of carbonyl (C=O) groups excluding carboxylic acids is 1. The molecule has 2 aromatic carbocycles. The zero-order valence-corrected chi connectivity index (χ0v) is 13.4. The van der Waals surface area contributed by atoms with Gasteiger partial charge in [-0.3, -0.25) is 14.7 Å². The lowest BCUT2D eigenvalue weighted by Crippen LogP contribution is -2.14. The standard InChI is InChI=1S/C17H16N2O4S/c20-17(18-21)10-9-15-7-4-8-16(13-15)19-24(22,23)12-11-14-5-2-1-3-6-14/h1-13,19,21H,(H,18,20)/b10-9+,12-11+. The second-order valence-electron chi connectivity index (χ2n) is 4.80. The summed E-state index contributed by atoms with van der Waals surface area (Å²) in [6.45, 7) is 0. The number of hydroxylamine groups is 1. The number of benzene rings is 2. The number of anilines is 1. The molecule has 2 rings (SSSR count). The number of rotatable bonds is 6. The van der Waals surface area contributed by atoms with Crippen molar-refractivity contribution < 1.29 is 18.4 Å². The quantitative estimate of drug-likeness (QED) is 0.426. The van der Waals surface area contributed by atoms with Gasteiger partial charge >= 0.3 is 0 Å². The molecular weight excluding hydrogens is 328 g/mol. The van der Waals surface area contributed by atoms with Crippen LogP contribution >= 0.6 is 0 Å². The Morgan fingerprint density at radius 2 is 1.67 bits per heavy atom. The van der Waals surface area contributed by atoms with Gasteiger partial charge in [0.05, 0.1) is 5.41 Å². The van der Waals surface area contributed by atoms with Crippen molar-refractivity contribution >= 4 is 33.8 Å². The topological polar surface area (TPSA) is 95.5 Å². The van der Waals surface area contributed by atoms with Gasteiger partial charge in [-0.05, 0) is 35.4 Å². The highest BCUT2D eigenvalue weighted by Gasteiger charge is 2.05. The van der Waals surface area contributed by atoms with E-state index >= 15 is 0 Å². The van der Waals surface area contributed by atoms with E-state index in [0.717, 1.165) is 17.0 Å². The Morgan fingerprint density at radius 1 is 0.958 bits per heavy atom. The third kappa shape index (κ3) is 5.71. The summed E-state index contributed by atoms with van der Waals surface area (Å²) in [7, 11) is -3.66. The lowest BCUT2D eigenvalue weighted by Gasteiger charge is -2.05. The van der Waals surface area contributed by atoms with E-state index in [-0.39, 0.29) is 0 Å². The average molecular weight is 344 g/mol. The van der Waals surface area contributed by atoms with E-state index < -0.39 is 15.9 Å². The Balaban J connectivity index is 2.11. The minimum Gasteiger partial charge on any atom is -0.288 e. The van der Waals surface area contributed by atoms with E-state index in [4.69, 9.17) is 5.21 Å². The average Bonchev–Trinajstić information content (AvgIpc) is 2.59. The summed E-state index contributed by atoms with van der Waals surface area (Å²) in [6, 6.07) is 15.6. The fourth-order valence-electron chi connectivity index (χ4n) is 1.85. The molecule has 2 aromatic rings. The van der Waals surface area contributed by atoms with Crippen LogP contribution in [0.5, 0.6) is 0 Å². The molecule has 3 N–H and O–H groups in total. The molecule has 0 aliphatic rings. The van der Waals surface area contributed by atoms with Crippen molar-refractivity contribution in [2.75, 3.05) is 4.72 Å². The van der Waals surface area contributed by atoms with E-state index in [2.05, 4.69) is 4.72 Å². The monoisotopic (exact) mass is 344 g/mol. The zero-order valence-electron chi connectivity index (χ0n) is 12.6. The molecule has 0 saturated carbocycles. The van der Waals surface area contributed by atoms with Crippen molar-refractivity contribution in [3.63, 3.8) is 0 Å². The summed E-state index contributed by atoms with van der Waals surface area (Å²) in [4.78, 5) is 11.0. The highest BCUT2D eigenvalue weighted by molar-refractivity contribution is 7.95. The van der Waals surface area contributed by atoms with Crippen LogP contribution in [0.15, 0.2) is 66.1 Å². The third-order valence-corrected chi connectivity index (χ3v) is 3.94. The predicted octanol–water partition coefficient (Wildman–Crippen LogP) is 2.62. The Morgan fingerprint density at radius 3 is 2.38 bits per heavy atom. The van der Waals surface area contributed by atoms with Crippen LogP contribution in [0.1, 0.15) is 11.1 Å². The summed E-state index contributed by atoms with van der Waals surface area (Å²) in [5, 5.41) is 9.51. The number of nitrogens with one attached hydrogen (secondary N) is 2. The smallest absolute Gasteiger partial charge is 0.267 e. The second kappa shape index (κ2) is 8.09. The molecule has 0 atom stereocenters. The van der Waals surface area contributed by atoms with Crippen molar-refractivity contribution in [2.24, 2.45) is 0 Å². The van der Waals surface area contributed by atoms with Crippen LogP contribution in [-0.2, 0) is 14.8 Å². The molecule has 0 unspecified atom stereocenters. The maximum atomic E-state index is 12.1. The fraction of sp³-hybridized carbons (Fsp3) is 0. The molecule has 6 nitrogen and oxygen atoms in total. The van der Waals surface area contributed by atoms with Gasteiger partial charge < -0.3 is 0 Å². The predicted molar refractivity (Wildman–Crippen MR) is 93.4 cm³/mol. The second-order valence-corrected chi connectivity index (χ2v) is 6.36. The van der Waals surface area contributed by atoms with Crippen LogP contribution in [0.3, 0.4) is 0 Å². The van der Waals surface area contributed by atoms with Crippen LogP contribution in [0.4, 0.5) is 5.69 Å². The highest BCUT2D eigenvalue weighted by Crippen LogP contribution is 2.14. The maximum Gasteiger partial charge on any atom is 0.267 e. The molecule has 0 saturated heterocycles. The summed E-state index contributed by atoms with van der Waals surface area (Å²) in [6.07, 6.45) is 4.07.